The molecule has 0 saturated carbocycles. The van der Waals surface area contributed by atoms with Crippen molar-refractivity contribution in [2.75, 3.05) is 13.2 Å². The van der Waals surface area contributed by atoms with Gasteiger partial charge in [0.1, 0.15) is 17.9 Å². The first-order valence-corrected chi connectivity index (χ1v) is 9.84. The molecule has 29 heavy (non-hydrogen) atoms. The maximum atomic E-state index is 12.7. The fourth-order valence-corrected chi connectivity index (χ4v) is 3.56. The number of nitrogens with one attached hydrogen (secondary N) is 1. The number of rotatable bonds is 5. The van der Waals surface area contributed by atoms with Crippen LogP contribution in [-0.4, -0.2) is 34.9 Å². The zero-order valence-corrected chi connectivity index (χ0v) is 17.1. The molecular weight excluding hydrogens is 390 g/mol. The molecule has 2 heterocycles. The van der Waals surface area contributed by atoms with E-state index < -0.39 is 0 Å². The zero-order valence-electron chi connectivity index (χ0n) is 16.3. The van der Waals surface area contributed by atoms with Crippen LogP contribution in [0.25, 0.3) is 0 Å². The molecule has 0 saturated heterocycles. The first-order chi connectivity index (χ1) is 14.0. The molecule has 0 radical (unpaired) electrons. The molecule has 0 fully saturated rings. The second-order valence-corrected chi connectivity index (χ2v) is 7.46. The zero-order chi connectivity index (χ0) is 20.4. The Morgan fingerprint density at radius 2 is 1.90 bits per heavy atom. The molecule has 1 unspecified atom stereocenters. The first-order valence-electron chi connectivity index (χ1n) is 9.46. The Hall–Kier alpha value is -2.99. The SMILES string of the molecule is Cc1ccc(Cn2nc(C)c(C(=O)NCC3COc4ccccc4O3)c2Cl)cc1. The van der Waals surface area contributed by atoms with Gasteiger partial charge in [0.2, 0.25) is 0 Å². The number of carbonyl (C=O) groups is 1. The molecule has 6 nitrogen and oxygen atoms in total. The Morgan fingerprint density at radius 1 is 1.17 bits per heavy atom. The predicted molar refractivity (Wildman–Crippen MR) is 111 cm³/mol. The number of benzene rings is 2. The van der Waals surface area contributed by atoms with Gasteiger partial charge in [0, 0.05) is 0 Å². The number of ether oxygens (including phenoxy) is 2. The second-order valence-electron chi connectivity index (χ2n) is 7.10. The van der Waals surface area contributed by atoms with Gasteiger partial charge in [-0.25, -0.2) is 4.68 Å². The number of hydrogen-bond donors (Lipinski definition) is 1. The number of nitrogens with zero attached hydrogens (tertiary/aromatic N) is 2. The number of aromatic nitrogens is 2. The fraction of sp³-hybridized carbons (Fsp3) is 0.273. The minimum Gasteiger partial charge on any atom is -0.486 e. The van der Waals surface area contributed by atoms with Crippen molar-refractivity contribution in [3.63, 3.8) is 0 Å². The minimum atomic E-state index is -0.273. The monoisotopic (exact) mass is 411 g/mol. The average molecular weight is 412 g/mol. The van der Waals surface area contributed by atoms with Gasteiger partial charge >= 0.3 is 0 Å². The standard InChI is InChI=1S/C22H22ClN3O3/c1-14-7-9-16(10-8-14)12-26-21(23)20(15(2)25-26)22(27)24-11-17-13-28-18-5-3-4-6-19(18)29-17/h3-10,17H,11-13H2,1-2H3,(H,24,27). The van der Waals surface area contributed by atoms with Crippen molar-refractivity contribution >= 4 is 17.5 Å². The predicted octanol–water partition coefficient (Wildman–Crippen LogP) is 3.77. The van der Waals surface area contributed by atoms with Crippen LogP contribution in [0.15, 0.2) is 48.5 Å². The quantitative estimate of drug-likeness (QED) is 0.694. The molecule has 0 spiro atoms. The van der Waals surface area contributed by atoms with E-state index in [1.165, 1.54) is 5.56 Å². The molecule has 150 valence electrons. The normalized spacial score (nSPS) is 15.2. The van der Waals surface area contributed by atoms with Gasteiger partial charge < -0.3 is 14.8 Å². The van der Waals surface area contributed by atoms with Crippen molar-refractivity contribution in [3.05, 3.63) is 76.1 Å². The molecule has 3 aromatic rings. The lowest BCUT2D eigenvalue weighted by Gasteiger charge is -2.26. The lowest BCUT2D eigenvalue weighted by molar-refractivity contribution is 0.0789. The highest BCUT2D eigenvalue weighted by Crippen LogP contribution is 2.30. The van der Waals surface area contributed by atoms with Crippen molar-refractivity contribution in [3.8, 4) is 11.5 Å². The van der Waals surface area contributed by atoms with Crippen LogP contribution in [-0.2, 0) is 6.54 Å². The molecule has 1 amide bonds. The van der Waals surface area contributed by atoms with Gasteiger partial charge in [-0.3, -0.25) is 4.79 Å². The maximum absolute atomic E-state index is 12.7. The summed E-state index contributed by atoms with van der Waals surface area (Å²) in [5, 5.41) is 7.65. The summed E-state index contributed by atoms with van der Waals surface area (Å²) in [6, 6.07) is 15.6. The molecule has 7 heteroatoms. The van der Waals surface area contributed by atoms with Crippen LogP contribution in [0.2, 0.25) is 5.15 Å². The van der Waals surface area contributed by atoms with Crippen LogP contribution < -0.4 is 14.8 Å². The highest BCUT2D eigenvalue weighted by atomic mass is 35.5. The summed E-state index contributed by atoms with van der Waals surface area (Å²) in [6.45, 7) is 5.01. The Kier molecular flexibility index (Phi) is 5.45. The summed E-state index contributed by atoms with van der Waals surface area (Å²) in [7, 11) is 0. The third kappa shape index (κ3) is 4.22. The Balaban J connectivity index is 1.41. The third-order valence-electron chi connectivity index (χ3n) is 4.80. The summed E-state index contributed by atoms with van der Waals surface area (Å²) in [5.41, 5.74) is 3.23. The van der Waals surface area contributed by atoms with Crippen molar-refractivity contribution in [1.29, 1.82) is 0 Å². The van der Waals surface area contributed by atoms with Gasteiger partial charge in [0.15, 0.2) is 11.5 Å². The van der Waals surface area contributed by atoms with E-state index in [4.69, 9.17) is 21.1 Å². The molecule has 0 aliphatic carbocycles. The van der Waals surface area contributed by atoms with Gasteiger partial charge in [-0.05, 0) is 31.5 Å². The molecular formula is C22H22ClN3O3. The van der Waals surface area contributed by atoms with Crippen molar-refractivity contribution in [1.82, 2.24) is 15.1 Å². The second kappa shape index (κ2) is 8.17. The molecule has 1 N–H and O–H groups in total. The van der Waals surface area contributed by atoms with E-state index in [1.54, 1.807) is 11.6 Å². The topological polar surface area (TPSA) is 65.4 Å². The van der Waals surface area contributed by atoms with Crippen molar-refractivity contribution in [2.24, 2.45) is 0 Å². The number of hydrogen-bond acceptors (Lipinski definition) is 4. The Bertz CT molecular complexity index is 1030. The van der Waals surface area contributed by atoms with Gasteiger partial charge in [0.05, 0.1) is 24.3 Å². The van der Waals surface area contributed by atoms with Gasteiger partial charge in [-0.15, -0.1) is 0 Å². The van der Waals surface area contributed by atoms with Crippen LogP contribution in [0.5, 0.6) is 11.5 Å². The van der Waals surface area contributed by atoms with E-state index in [0.29, 0.717) is 47.6 Å². The summed E-state index contributed by atoms with van der Waals surface area (Å²) in [6.07, 6.45) is -0.268. The first kappa shape index (κ1) is 19.3. The number of fused-ring (bicyclic) bond motifs is 1. The largest absolute Gasteiger partial charge is 0.486 e. The minimum absolute atomic E-state index is 0.268. The van der Waals surface area contributed by atoms with E-state index >= 15 is 0 Å². The summed E-state index contributed by atoms with van der Waals surface area (Å²) in [5.74, 6) is 1.12. The molecule has 2 aromatic carbocycles. The highest BCUT2D eigenvalue weighted by molar-refractivity contribution is 6.33. The lowest BCUT2D eigenvalue weighted by Crippen LogP contribution is -2.40. The van der Waals surface area contributed by atoms with E-state index in [0.717, 1.165) is 5.56 Å². The van der Waals surface area contributed by atoms with Crippen molar-refractivity contribution < 1.29 is 14.3 Å². The molecule has 1 aliphatic heterocycles. The highest BCUT2D eigenvalue weighted by Gasteiger charge is 2.24. The molecule has 1 aromatic heterocycles. The summed E-state index contributed by atoms with van der Waals surface area (Å²) < 4.78 is 13.2. The third-order valence-corrected chi connectivity index (χ3v) is 5.19. The molecule has 4 rings (SSSR count). The lowest BCUT2D eigenvalue weighted by atomic mass is 10.1. The Morgan fingerprint density at radius 3 is 2.66 bits per heavy atom. The maximum Gasteiger partial charge on any atom is 0.256 e. The van der Waals surface area contributed by atoms with Gasteiger partial charge in [-0.1, -0.05) is 53.6 Å². The van der Waals surface area contributed by atoms with Crippen LogP contribution in [0.1, 0.15) is 27.2 Å². The van der Waals surface area contributed by atoms with Crippen LogP contribution in [0.3, 0.4) is 0 Å². The molecule has 1 aliphatic rings. The number of halogens is 1. The van der Waals surface area contributed by atoms with E-state index in [1.807, 2.05) is 55.5 Å². The summed E-state index contributed by atoms with van der Waals surface area (Å²) >= 11 is 6.48. The Labute approximate surface area is 174 Å². The van der Waals surface area contributed by atoms with E-state index in [9.17, 15) is 4.79 Å². The fourth-order valence-electron chi connectivity index (χ4n) is 3.24. The number of aryl methyl sites for hydroxylation is 2. The van der Waals surface area contributed by atoms with E-state index in [2.05, 4.69) is 10.4 Å². The van der Waals surface area contributed by atoms with Crippen molar-refractivity contribution in [2.45, 2.75) is 26.5 Å². The molecule has 1 atom stereocenters. The molecule has 0 bridgehead atoms. The van der Waals surface area contributed by atoms with E-state index in [-0.39, 0.29) is 12.0 Å². The van der Waals surface area contributed by atoms with Gasteiger partial charge in [0.25, 0.3) is 5.91 Å². The van der Waals surface area contributed by atoms with Crippen LogP contribution in [0.4, 0.5) is 0 Å². The van der Waals surface area contributed by atoms with Crippen LogP contribution in [0, 0.1) is 13.8 Å². The smallest absolute Gasteiger partial charge is 0.256 e. The summed E-state index contributed by atoms with van der Waals surface area (Å²) in [4.78, 5) is 12.7. The average Bonchev–Trinajstić information content (AvgIpc) is 3.00. The van der Waals surface area contributed by atoms with Crippen LogP contribution >= 0.6 is 11.6 Å². The number of carbonyl (C=O) groups excluding carboxylic acids is 1. The van der Waals surface area contributed by atoms with Gasteiger partial charge in [-0.2, -0.15) is 5.10 Å². The number of para-hydroxylation sites is 2. The number of amides is 1.